The van der Waals surface area contributed by atoms with Crippen molar-refractivity contribution < 1.29 is 0 Å². The number of anilines is 1. The number of nitrogens with one attached hydrogen (secondary N) is 1. The SMILES string of the molecule is Cc1ccc(C(N)=S)c(NCCCCn2ccnc2)c1. The van der Waals surface area contributed by atoms with Crippen LogP contribution >= 0.6 is 12.2 Å². The molecular weight excluding hydrogens is 268 g/mol. The third-order valence-corrected chi connectivity index (χ3v) is 3.38. The molecule has 0 fully saturated rings. The molecule has 0 spiro atoms. The van der Waals surface area contributed by atoms with E-state index in [4.69, 9.17) is 18.0 Å². The average molecular weight is 288 g/mol. The zero-order chi connectivity index (χ0) is 14.4. The molecule has 3 N–H and O–H groups in total. The minimum Gasteiger partial charge on any atom is -0.389 e. The zero-order valence-corrected chi connectivity index (χ0v) is 12.5. The summed E-state index contributed by atoms with van der Waals surface area (Å²) < 4.78 is 2.09. The first-order chi connectivity index (χ1) is 9.66. The Kier molecular flexibility index (Phi) is 5.12. The van der Waals surface area contributed by atoms with Gasteiger partial charge in [0.15, 0.2) is 0 Å². The van der Waals surface area contributed by atoms with Gasteiger partial charge < -0.3 is 15.6 Å². The maximum atomic E-state index is 5.74. The number of nitrogens with zero attached hydrogens (tertiary/aromatic N) is 2. The highest BCUT2D eigenvalue weighted by atomic mass is 32.1. The molecule has 0 radical (unpaired) electrons. The zero-order valence-electron chi connectivity index (χ0n) is 11.7. The molecule has 0 saturated carbocycles. The third kappa shape index (κ3) is 4.06. The Labute approximate surface area is 125 Å². The molecule has 0 amide bonds. The van der Waals surface area contributed by atoms with Gasteiger partial charge in [-0.05, 0) is 37.5 Å². The van der Waals surface area contributed by atoms with E-state index < -0.39 is 0 Å². The third-order valence-electron chi connectivity index (χ3n) is 3.16. The summed E-state index contributed by atoms with van der Waals surface area (Å²) in [6, 6.07) is 6.09. The Morgan fingerprint density at radius 1 is 1.40 bits per heavy atom. The first-order valence-electron chi connectivity index (χ1n) is 6.77. The summed E-state index contributed by atoms with van der Waals surface area (Å²) >= 11 is 5.08. The molecule has 2 aromatic rings. The van der Waals surface area contributed by atoms with Gasteiger partial charge in [-0.1, -0.05) is 18.3 Å². The van der Waals surface area contributed by atoms with E-state index in [1.807, 2.05) is 24.7 Å². The summed E-state index contributed by atoms with van der Waals surface area (Å²) in [5.41, 5.74) is 8.89. The lowest BCUT2D eigenvalue weighted by molar-refractivity contribution is 0.621. The maximum Gasteiger partial charge on any atom is 0.106 e. The molecule has 106 valence electrons. The van der Waals surface area contributed by atoms with Crippen molar-refractivity contribution in [1.29, 1.82) is 0 Å². The number of hydrogen-bond donors (Lipinski definition) is 2. The molecule has 20 heavy (non-hydrogen) atoms. The van der Waals surface area contributed by atoms with E-state index in [2.05, 4.69) is 27.9 Å². The van der Waals surface area contributed by atoms with Gasteiger partial charge in [0.2, 0.25) is 0 Å². The van der Waals surface area contributed by atoms with E-state index in [9.17, 15) is 0 Å². The lowest BCUT2D eigenvalue weighted by Gasteiger charge is -2.12. The molecule has 5 heteroatoms. The molecule has 0 aliphatic rings. The molecule has 0 atom stereocenters. The van der Waals surface area contributed by atoms with Crippen LogP contribution in [0.4, 0.5) is 5.69 Å². The molecule has 4 nitrogen and oxygen atoms in total. The number of nitrogens with two attached hydrogens (primary N) is 1. The summed E-state index contributed by atoms with van der Waals surface area (Å²) in [5, 5.41) is 3.42. The van der Waals surface area contributed by atoms with Gasteiger partial charge >= 0.3 is 0 Å². The number of benzene rings is 1. The van der Waals surface area contributed by atoms with Crippen LogP contribution in [0.25, 0.3) is 0 Å². The highest BCUT2D eigenvalue weighted by molar-refractivity contribution is 7.80. The Balaban J connectivity index is 1.81. The van der Waals surface area contributed by atoms with Gasteiger partial charge in [0.25, 0.3) is 0 Å². The Morgan fingerprint density at radius 2 is 2.25 bits per heavy atom. The van der Waals surface area contributed by atoms with E-state index in [0.717, 1.165) is 37.2 Å². The summed E-state index contributed by atoms with van der Waals surface area (Å²) in [7, 11) is 0. The molecule has 2 rings (SSSR count). The van der Waals surface area contributed by atoms with E-state index in [1.54, 1.807) is 6.20 Å². The van der Waals surface area contributed by atoms with Crippen LogP contribution in [0.1, 0.15) is 24.0 Å². The van der Waals surface area contributed by atoms with Gasteiger partial charge in [-0.15, -0.1) is 0 Å². The van der Waals surface area contributed by atoms with Crippen molar-refractivity contribution in [3.05, 3.63) is 48.0 Å². The maximum absolute atomic E-state index is 5.74. The van der Waals surface area contributed by atoms with Crippen molar-refractivity contribution in [1.82, 2.24) is 9.55 Å². The Hall–Kier alpha value is -1.88. The van der Waals surface area contributed by atoms with Gasteiger partial charge in [0, 0.05) is 36.7 Å². The molecule has 0 aliphatic carbocycles. The molecule has 0 unspecified atom stereocenters. The van der Waals surface area contributed by atoms with Gasteiger partial charge in [0.05, 0.1) is 6.33 Å². The van der Waals surface area contributed by atoms with Gasteiger partial charge in [-0.3, -0.25) is 0 Å². The monoisotopic (exact) mass is 288 g/mol. The van der Waals surface area contributed by atoms with Crippen LogP contribution < -0.4 is 11.1 Å². The largest absolute Gasteiger partial charge is 0.389 e. The van der Waals surface area contributed by atoms with Crippen LogP contribution in [0.2, 0.25) is 0 Å². The van der Waals surface area contributed by atoms with Crippen molar-refractivity contribution in [2.24, 2.45) is 5.73 Å². The molecule has 0 saturated heterocycles. The number of imidazole rings is 1. The Bertz CT molecular complexity index is 563. The van der Waals surface area contributed by atoms with E-state index in [-0.39, 0.29) is 0 Å². The van der Waals surface area contributed by atoms with Crippen molar-refractivity contribution in [2.45, 2.75) is 26.3 Å². The number of thiocarbonyl (C=S) groups is 1. The molecule has 0 bridgehead atoms. The highest BCUT2D eigenvalue weighted by Crippen LogP contribution is 2.17. The summed E-state index contributed by atoms with van der Waals surface area (Å²) in [6.45, 7) is 3.97. The second-order valence-electron chi connectivity index (χ2n) is 4.85. The van der Waals surface area contributed by atoms with Crippen molar-refractivity contribution >= 4 is 22.9 Å². The molecule has 1 aromatic heterocycles. The van der Waals surface area contributed by atoms with Crippen molar-refractivity contribution in [3.63, 3.8) is 0 Å². The van der Waals surface area contributed by atoms with Crippen LogP contribution in [-0.2, 0) is 6.54 Å². The molecule has 1 aromatic carbocycles. The molecule has 1 heterocycles. The summed E-state index contributed by atoms with van der Waals surface area (Å²) in [6.07, 6.45) is 7.83. The van der Waals surface area contributed by atoms with Crippen LogP contribution in [0, 0.1) is 6.92 Å². The number of hydrogen-bond acceptors (Lipinski definition) is 3. The topological polar surface area (TPSA) is 55.9 Å². The highest BCUT2D eigenvalue weighted by Gasteiger charge is 2.04. The lowest BCUT2D eigenvalue weighted by atomic mass is 10.1. The smallest absolute Gasteiger partial charge is 0.106 e. The summed E-state index contributed by atoms with van der Waals surface area (Å²) in [4.78, 5) is 4.46. The molecular formula is C15H20N4S. The normalized spacial score (nSPS) is 10.4. The lowest BCUT2D eigenvalue weighted by Crippen LogP contribution is -2.14. The minimum absolute atomic E-state index is 0.436. The Morgan fingerprint density at radius 3 is 2.95 bits per heavy atom. The minimum atomic E-state index is 0.436. The van der Waals surface area contributed by atoms with Gasteiger partial charge in [-0.2, -0.15) is 0 Å². The van der Waals surface area contributed by atoms with E-state index in [0.29, 0.717) is 4.99 Å². The quantitative estimate of drug-likeness (QED) is 0.607. The first-order valence-corrected chi connectivity index (χ1v) is 7.17. The fourth-order valence-corrected chi connectivity index (χ4v) is 2.26. The predicted octanol–water partition coefficient (Wildman–Crippen LogP) is 2.72. The standard InChI is InChI=1S/C15H20N4S/c1-12-4-5-13(15(16)20)14(10-12)18-6-2-3-8-19-9-7-17-11-19/h4-5,7,9-11,18H,2-3,6,8H2,1H3,(H2,16,20). The van der Waals surface area contributed by atoms with Crippen molar-refractivity contribution in [3.8, 4) is 0 Å². The predicted molar refractivity (Wildman–Crippen MR) is 87.0 cm³/mol. The number of aryl methyl sites for hydroxylation is 2. The van der Waals surface area contributed by atoms with Gasteiger partial charge in [0.1, 0.15) is 4.99 Å². The fourth-order valence-electron chi connectivity index (χ4n) is 2.08. The fraction of sp³-hybridized carbons (Fsp3) is 0.333. The number of rotatable bonds is 7. The van der Waals surface area contributed by atoms with E-state index >= 15 is 0 Å². The van der Waals surface area contributed by atoms with E-state index in [1.165, 1.54) is 5.56 Å². The first kappa shape index (κ1) is 14.5. The average Bonchev–Trinajstić information content (AvgIpc) is 2.91. The van der Waals surface area contributed by atoms with Crippen molar-refractivity contribution in [2.75, 3.05) is 11.9 Å². The van der Waals surface area contributed by atoms with Crippen LogP contribution in [0.15, 0.2) is 36.9 Å². The van der Waals surface area contributed by atoms with Crippen LogP contribution in [0.3, 0.4) is 0 Å². The van der Waals surface area contributed by atoms with Gasteiger partial charge in [-0.25, -0.2) is 4.98 Å². The van der Waals surface area contributed by atoms with Crippen LogP contribution in [-0.4, -0.2) is 21.1 Å². The number of aromatic nitrogens is 2. The second kappa shape index (κ2) is 7.05. The second-order valence-corrected chi connectivity index (χ2v) is 5.29. The summed E-state index contributed by atoms with van der Waals surface area (Å²) in [5.74, 6) is 0. The van der Waals surface area contributed by atoms with Crippen LogP contribution in [0.5, 0.6) is 0 Å². The number of unbranched alkanes of at least 4 members (excludes halogenated alkanes) is 1. The molecule has 0 aliphatic heterocycles.